The SMILES string of the molecule is COc1ccc2c(CC3CCCCN3)cc3cc(OC)c(O)c(Cc4ccccc4)c3c2c1. The van der Waals surface area contributed by atoms with E-state index in [4.69, 9.17) is 9.47 Å². The molecule has 1 heterocycles. The van der Waals surface area contributed by atoms with Crippen LogP contribution in [0.4, 0.5) is 0 Å². The molecule has 1 saturated heterocycles. The normalized spacial score (nSPS) is 16.2. The minimum atomic E-state index is 0.208. The predicted molar refractivity (Wildman–Crippen MR) is 135 cm³/mol. The fourth-order valence-corrected chi connectivity index (χ4v) is 5.22. The van der Waals surface area contributed by atoms with E-state index >= 15 is 0 Å². The maximum Gasteiger partial charge on any atom is 0.161 e. The van der Waals surface area contributed by atoms with Crippen LogP contribution in [0.5, 0.6) is 17.2 Å². The van der Waals surface area contributed by atoms with Gasteiger partial charge < -0.3 is 19.9 Å². The van der Waals surface area contributed by atoms with Crippen molar-refractivity contribution >= 4 is 21.5 Å². The third kappa shape index (κ3) is 4.23. The van der Waals surface area contributed by atoms with Gasteiger partial charge in [0.25, 0.3) is 0 Å². The summed E-state index contributed by atoms with van der Waals surface area (Å²) in [4.78, 5) is 0. The van der Waals surface area contributed by atoms with Gasteiger partial charge in [-0.05, 0) is 76.7 Å². The topological polar surface area (TPSA) is 50.7 Å². The zero-order valence-corrected chi connectivity index (χ0v) is 19.4. The van der Waals surface area contributed by atoms with Crippen LogP contribution in [0.2, 0.25) is 0 Å². The molecule has 1 atom stereocenters. The monoisotopic (exact) mass is 441 g/mol. The van der Waals surface area contributed by atoms with Crippen LogP contribution in [0.25, 0.3) is 21.5 Å². The van der Waals surface area contributed by atoms with Crippen molar-refractivity contribution in [1.29, 1.82) is 0 Å². The Labute approximate surface area is 195 Å². The fraction of sp³-hybridized carbons (Fsp3) is 0.310. The lowest BCUT2D eigenvalue weighted by atomic mass is 9.88. The lowest BCUT2D eigenvalue weighted by Crippen LogP contribution is -2.35. The molecule has 0 saturated carbocycles. The van der Waals surface area contributed by atoms with Crippen molar-refractivity contribution < 1.29 is 14.6 Å². The molecule has 0 amide bonds. The van der Waals surface area contributed by atoms with E-state index in [0.29, 0.717) is 18.2 Å². The Morgan fingerprint density at radius 1 is 0.939 bits per heavy atom. The number of aromatic hydroxyl groups is 1. The molecule has 33 heavy (non-hydrogen) atoms. The van der Waals surface area contributed by atoms with Gasteiger partial charge in [-0.3, -0.25) is 0 Å². The summed E-state index contributed by atoms with van der Waals surface area (Å²) < 4.78 is 11.2. The van der Waals surface area contributed by atoms with Crippen LogP contribution in [0.15, 0.2) is 60.7 Å². The first-order valence-corrected chi connectivity index (χ1v) is 11.8. The minimum absolute atomic E-state index is 0.208. The molecule has 0 spiro atoms. The maximum absolute atomic E-state index is 11.2. The van der Waals surface area contributed by atoms with E-state index in [2.05, 4.69) is 35.6 Å². The Hall–Kier alpha value is -3.24. The van der Waals surface area contributed by atoms with Crippen LogP contribution >= 0.6 is 0 Å². The number of methoxy groups -OCH3 is 2. The predicted octanol–water partition coefficient (Wildman–Crippen LogP) is 5.99. The first-order valence-electron chi connectivity index (χ1n) is 11.8. The first kappa shape index (κ1) is 21.6. The van der Waals surface area contributed by atoms with Crippen molar-refractivity contribution in [3.63, 3.8) is 0 Å². The summed E-state index contributed by atoms with van der Waals surface area (Å²) in [6.07, 6.45) is 5.34. The average Bonchev–Trinajstić information content (AvgIpc) is 2.86. The van der Waals surface area contributed by atoms with Crippen molar-refractivity contribution in [1.82, 2.24) is 5.32 Å². The highest BCUT2D eigenvalue weighted by atomic mass is 16.5. The molecule has 1 aliphatic rings. The standard InChI is InChI=1S/C29H31NO3/c1-32-23-11-12-24-20(16-22-10-6-7-13-30-22)15-21-17-27(33-2)29(31)26(28(21)25(24)18-23)14-19-8-4-3-5-9-19/h3-5,8-9,11-12,15,17-18,22,30-31H,6-7,10,13-14,16H2,1-2H3. The third-order valence-electron chi connectivity index (χ3n) is 6.89. The molecule has 1 aliphatic heterocycles. The molecule has 170 valence electrons. The lowest BCUT2D eigenvalue weighted by Gasteiger charge is -2.25. The van der Waals surface area contributed by atoms with E-state index in [-0.39, 0.29) is 5.75 Å². The Kier molecular flexibility index (Phi) is 6.10. The molecular formula is C29H31NO3. The highest BCUT2D eigenvalue weighted by Crippen LogP contribution is 2.43. The van der Waals surface area contributed by atoms with Crippen LogP contribution in [0, 0.1) is 0 Å². The molecule has 0 radical (unpaired) electrons. The van der Waals surface area contributed by atoms with Crippen molar-refractivity contribution in [3.8, 4) is 17.2 Å². The smallest absolute Gasteiger partial charge is 0.161 e. The molecule has 1 unspecified atom stereocenters. The number of hydrogen-bond donors (Lipinski definition) is 2. The number of phenols is 1. The van der Waals surface area contributed by atoms with Crippen LogP contribution in [-0.4, -0.2) is 31.9 Å². The largest absolute Gasteiger partial charge is 0.504 e. The number of piperidine rings is 1. The average molecular weight is 442 g/mol. The van der Waals surface area contributed by atoms with E-state index in [1.54, 1.807) is 14.2 Å². The van der Waals surface area contributed by atoms with Crippen LogP contribution < -0.4 is 14.8 Å². The summed E-state index contributed by atoms with van der Waals surface area (Å²) in [6, 6.07) is 21.3. The molecule has 4 nitrogen and oxygen atoms in total. The van der Waals surface area contributed by atoms with E-state index in [1.807, 2.05) is 30.3 Å². The van der Waals surface area contributed by atoms with Crippen molar-refractivity contribution in [2.45, 2.75) is 38.1 Å². The first-order chi connectivity index (χ1) is 16.2. The summed E-state index contributed by atoms with van der Waals surface area (Å²) in [5, 5.41) is 19.4. The number of nitrogens with one attached hydrogen (secondary N) is 1. The number of ether oxygens (including phenoxy) is 2. The molecule has 5 rings (SSSR count). The molecule has 0 aromatic heterocycles. The molecule has 4 aromatic rings. The van der Waals surface area contributed by atoms with Gasteiger partial charge in [0.05, 0.1) is 14.2 Å². The number of fused-ring (bicyclic) bond motifs is 3. The molecule has 2 N–H and O–H groups in total. The summed E-state index contributed by atoms with van der Waals surface area (Å²) >= 11 is 0. The summed E-state index contributed by atoms with van der Waals surface area (Å²) in [6.45, 7) is 1.09. The highest BCUT2D eigenvalue weighted by molar-refractivity contribution is 6.12. The van der Waals surface area contributed by atoms with E-state index in [9.17, 15) is 5.11 Å². The van der Waals surface area contributed by atoms with Gasteiger partial charge in [-0.2, -0.15) is 0 Å². The molecule has 0 aliphatic carbocycles. The van der Waals surface area contributed by atoms with Crippen molar-refractivity contribution in [2.24, 2.45) is 0 Å². The van der Waals surface area contributed by atoms with Crippen LogP contribution in [0.3, 0.4) is 0 Å². The van der Waals surface area contributed by atoms with Gasteiger partial charge in [-0.25, -0.2) is 0 Å². The minimum Gasteiger partial charge on any atom is -0.504 e. The maximum atomic E-state index is 11.2. The molecular weight excluding hydrogens is 410 g/mol. The van der Waals surface area contributed by atoms with E-state index in [0.717, 1.165) is 46.0 Å². The van der Waals surface area contributed by atoms with Gasteiger partial charge in [0.1, 0.15) is 5.75 Å². The second-order valence-corrected chi connectivity index (χ2v) is 8.96. The summed E-state index contributed by atoms with van der Waals surface area (Å²) in [7, 11) is 3.31. The third-order valence-corrected chi connectivity index (χ3v) is 6.89. The number of hydrogen-bond acceptors (Lipinski definition) is 4. The fourth-order valence-electron chi connectivity index (χ4n) is 5.22. The Morgan fingerprint density at radius 2 is 1.79 bits per heavy atom. The van der Waals surface area contributed by atoms with Gasteiger partial charge in [0, 0.05) is 18.0 Å². The van der Waals surface area contributed by atoms with Crippen LogP contribution in [-0.2, 0) is 12.8 Å². The second kappa shape index (κ2) is 9.32. The zero-order valence-electron chi connectivity index (χ0n) is 19.4. The summed E-state index contributed by atoms with van der Waals surface area (Å²) in [5.74, 6) is 1.54. The van der Waals surface area contributed by atoms with Gasteiger partial charge >= 0.3 is 0 Å². The number of rotatable bonds is 6. The number of benzene rings is 4. The molecule has 0 bridgehead atoms. The molecule has 4 heteroatoms. The van der Waals surface area contributed by atoms with E-state index in [1.165, 1.54) is 30.2 Å². The highest BCUT2D eigenvalue weighted by Gasteiger charge is 2.20. The van der Waals surface area contributed by atoms with Gasteiger partial charge in [0.2, 0.25) is 0 Å². The molecule has 4 aromatic carbocycles. The lowest BCUT2D eigenvalue weighted by molar-refractivity contribution is 0.372. The Morgan fingerprint density at radius 3 is 2.52 bits per heavy atom. The quantitative estimate of drug-likeness (QED) is 0.361. The number of phenolic OH excluding ortho intramolecular Hbond substituents is 1. The second-order valence-electron chi connectivity index (χ2n) is 8.96. The van der Waals surface area contributed by atoms with E-state index < -0.39 is 0 Å². The van der Waals surface area contributed by atoms with Gasteiger partial charge in [0.15, 0.2) is 11.5 Å². The Balaban J connectivity index is 1.76. The molecule has 1 fully saturated rings. The van der Waals surface area contributed by atoms with Crippen molar-refractivity contribution in [3.05, 3.63) is 77.4 Å². The Bertz CT molecular complexity index is 1280. The van der Waals surface area contributed by atoms with Crippen molar-refractivity contribution in [2.75, 3.05) is 20.8 Å². The summed E-state index contributed by atoms with van der Waals surface area (Å²) in [5.41, 5.74) is 3.35. The van der Waals surface area contributed by atoms with Gasteiger partial charge in [-0.1, -0.05) is 48.9 Å². The van der Waals surface area contributed by atoms with Crippen LogP contribution in [0.1, 0.15) is 36.0 Å². The zero-order chi connectivity index (χ0) is 22.8. The van der Waals surface area contributed by atoms with Gasteiger partial charge in [-0.15, -0.1) is 0 Å².